The van der Waals surface area contributed by atoms with Gasteiger partial charge in [-0.3, -0.25) is 14.7 Å². The highest BCUT2D eigenvalue weighted by Crippen LogP contribution is 2.27. The standard InChI is InChI=1S/C20H24ClN5O/c1-25-18(6-9-22-25)14-26-10-7-15(13-26)20-12-17(23-24-20)8-11-27-19-4-2-16(21)3-5-19/h2-6,9,12,15H,7-8,10-11,13-14H2,1H3,(H,23,24). The molecule has 3 aromatic rings. The summed E-state index contributed by atoms with van der Waals surface area (Å²) in [5.41, 5.74) is 3.52. The van der Waals surface area contributed by atoms with E-state index in [1.165, 1.54) is 5.69 Å². The van der Waals surface area contributed by atoms with Gasteiger partial charge in [-0.25, -0.2) is 0 Å². The lowest BCUT2D eigenvalue weighted by molar-refractivity contribution is 0.316. The van der Waals surface area contributed by atoms with E-state index in [1.54, 1.807) is 0 Å². The summed E-state index contributed by atoms with van der Waals surface area (Å²) in [7, 11) is 2.00. The highest BCUT2D eigenvalue weighted by atomic mass is 35.5. The molecule has 1 unspecified atom stereocenters. The molecule has 0 saturated carbocycles. The number of halogens is 1. The van der Waals surface area contributed by atoms with Gasteiger partial charge >= 0.3 is 0 Å². The summed E-state index contributed by atoms with van der Waals surface area (Å²) in [4.78, 5) is 2.47. The van der Waals surface area contributed by atoms with Crippen LogP contribution < -0.4 is 4.74 Å². The molecule has 3 heterocycles. The summed E-state index contributed by atoms with van der Waals surface area (Å²) in [5.74, 6) is 1.32. The number of benzene rings is 1. The number of nitrogens with one attached hydrogen (secondary N) is 1. The fraction of sp³-hybridized carbons (Fsp3) is 0.400. The van der Waals surface area contributed by atoms with E-state index >= 15 is 0 Å². The third kappa shape index (κ3) is 4.51. The van der Waals surface area contributed by atoms with Crippen LogP contribution in [0.1, 0.15) is 29.4 Å². The summed E-state index contributed by atoms with van der Waals surface area (Å²) in [5, 5.41) is 12.7. The van der Waals surface area contributed by atoms with E-state index in [0.717, 1.165) is 54.6 Å². The molecule has 1 saturated heterocycles. The third-order valence-electron chi connectivity index (χ3n) is 5.10. The molecule has 6 nitrogen and oxygen atoms in total. The molecule has 1 N–H and O–H groups in total. The first-order valence-electron chi connectivity index (χ1n) is 9.29. The smallest absolute Gasteiger partial charge is 0.119 e. The van der Waals surface area contributed by atoms with Gasteiger partial charge in [0.2, 0.25) is 0 Å². The van der Waals surface area contributed by atoms with Gasteiger partial charge in [-0.2, -0.15) is 10.2 Å². The molecule has 1 aliphatic heterocycles. The Morgan fingerprint density at radius 1 is 1.26 bits per heavy atom. The number of rotatable bonds is 7. The van der Waals surface area contributed by atoms with Crippen LogP contribution >= 0.6 is 11.6 Å². The molecule has 0 radical (unpaired) electrons. The van der Waals surface area contributed by atoms with Crippen molar-refractivity contribution in [2.45, 2.75) is 25.3 Å². The van der Waals surface area contributed by atoms with Crippen LogP contribution in [0.4, 0.5) is 0 Å². The SMILES string of the molecule is Cn1nccc1CN1CCC(c2cc(CCOc3ccc(Cl)cc3)[nH]n2)C1. The minimum Gasteiger partial charge on any atom is -0.493 e. The fourth-order valence-electron chi connectivity index (χ4n) is 3.53. The molecule has 2 aromatic heterocycles. The lowest BCUT2D eigenvalue weighted by Crippen LogP contribution is -2.21. The number of H-pyrrole nitrogens is 1. The molecule has 0 aliphatic carbocycles. The first-order chi connectivity index (χ1) is 13.2. The van der Waals surface area contributed by atoms with E-state index in [1.807, 2.05) is 42.2 Å². The van der Waals surface area contributed by atoms with Crippen molar-refractivity contribution in [2.75, 3.05) is 19.7 Å². The zero-order valence-corrected chi connectivity index (χ0v) is 16.2. The summed E-state index contributed by atoms with van der Waals surface area (Å²) in [6, 6.07) is 11.7. The van der Waals surface area contributed by atoms with Crippen molar-refractivity contribution in [3.8, 4) is 5.75 Å². The Hall–Kier alpha value is -2.31. The van der Waals surface area contributed by atoms with Crippen molar-refractivity contribution in [1.29, 1.82) is 0 Å². The molecule has 142 valence electrons. The number of hydrogen-bond donors (Lipinski definition) is 1. The van der Waals surface area contributed by atoms with Crippen molar-refractivity contribution < 1.29 is 4.74 Å². The Morgan fingerprint density at radius 3 is 2.89 bits per heavy atom. The van der Waals surface area contributed by atoms with Crippen LogP contribution in [0, 0.1) is 0 Å². The van der Waals surface area contributed by atoms with Gasteiger partial charge in [0, 0.05) is 49.4 Å². The molecule has 0 spiro atoms. The zero-order chi connectivity index (χ0) is 18.6. The normalized spacial score (nSPS) is 17.5. The molecule has 1 fully saturated rings. The van der Waals surface area contributed by atoms with Crippen LogP contribution in [0.25, 0.3) is 0 Å². The summed E-state index contributed by atoms with van der Waals surface area (Å²) in [6.45, 7) is 3.69. The second kappa shape index (κ2) is 8.15. The molecule has 1 atom stereocenters. The van der Waals surface area contributed by atoms with Gasteiger partial charge in [0.1, 0.15) is 5.75 Å². The molecule has 0 bridgehead atoms. The Kier molecular flexibility index (Phi) is 5.45. The maximum Gasteiger partial charge on any atom is 0.119 e. The molecular formula is C20H24ClN5O. The maximum absolute atomic E-state index is 5.89. The van der Waals surface area contributed by atoms with Crippen molar-refractivity contribution in [1.82, 2.24) is 24.9 Å². The number of nitrogens with zero attached hydrogens (tertiary/aromatic N) is 4. The van der Waals surface area contributed by atoms with Crippen LogP contribution in [0.5, 0.6) is 5.75 Å². The van der Waals surface area contributed by atoms with Gasteiger partial charge in [-0.05, 0) is 49.4 Å². The molecule has 0 amide bonds. The van der Waals surface area contributed by atoms with Crippen LogP contribution in [0.2, 0.25) is 5.02 Å². The van der Waals surface area contributed by atoms with Crippen molar-refractivity contribution in [3.05, 3.63) is 64.7 Å². The zero-order valence-electron chi connectivity index (χ0n) is 15.4. The molecular weight excluding hydrogens is 362 g/mol. The van der Waals surface area contributed by atoms with Crippen LogP contribution in [0.3, 0.4) is 0 Å². The highest BCUT2D eigenvalue weighted by molar-refractivity contribution is 6.30. The first-order valence-corrected chi connectivity index (χ1v) is 9.67. The highest BCUT2D eigenvalue weighted by Gasteiger charge is 2.26. The summed E-state index contributed by atoms with van der Waals surface area (Å²) >= 11 is 5.89. The van der Waals surface area contributed by atoms with Gasteiger partial charge < -0.3 is 4.74 Å². The Bertz CT molecular complexity index is 873. The Morgan fingerprint density at radius 2 is 2.11 bits per heavy atom. The molecule has 1 aromatic carbocycles. The van der Waals surface area contributed by atoms with E-state index < -0.39 is 0 Å². The van der Waals surface area contributed by atoms with E-state index in [0.29, 0.717) is 12.5 Å². The van der Waals surface area contributed by atoms with Crippen LogP contribution in [0.15, 0.2) is 42.6 Å². The summed E-state index contributed by atoms with van der Waals surface area (Å²) in [6.07, 6.45) is 3.81. The predicted molar refractivity (Wildman–Crippen MR) is 105 cm³/mol. The average Bonchev–Trinajstić information content (AvgIpc) is 3.39. The number of ether oxygens (including phenoxy) is 1. The lowest BCUT2D eigenvalue weighted by atomic mass is 10.0. The number of hydrogen-bond acceptors (Lipinski definition) is 4. The first kappa shape index (κ1) is 18.1. The molecule has 7 heteroatoms. The van der Waals surface area contributed by atoms with Crippen LogP contribution in [-0.4, -0.2) is 44.6 Å². The average molecular weight is 386 g/mol. The molecule has 27 heavy (non-hydrogen) atoms. The largest absolute Gasteiger partial charge is 0.493 e. The lowest BCUT2D eigenvalue weighted by Gasteiger charge is -2.15. The van der Waals surface area contributed by atoms with Gasteiger partial charge in [-0.1, -0.05) is 11.6 Å². The molecule has 4 rings (SSSR count). The van der Waals surface area contributed by atoms with E-state index in [9.17, 15) is 0 Å². The van der Waals surface area contributed by atoms with E-state index in [4.69, 9.17) is 16.3 Å². The monoisotopic (exact) mass is 385 g/mol. The second-order valence-corrected chi connectivity index (χ2v) is 7.47. The van der Waals surface area contributed by atoms with E-state index in [2.05, 4.69) is 32.3 Å². The number of likely N-dealkylation sites (tertiary alicyclic amines) is 1. The van der Waals surface area contributed by atoms with Crippen molar-refractivity contribution >= 4 is 11.6 Å². The Balaban J connectivity index is 1.26. The van der Waals surface area contributed by atoms with Gasteiger partial charge in [0.15, 0.2) is 0 Å². The Labute approximate surface area is 164 Å². The van der Waals surface area contributed by atoms with Crippen molar-refractivity contribution in [3.63, 3.8) is 0 Å². The number of aromatic nitrogens is 4. The minimum atomic E-state index is 0.486. The van der Waals surface area contributed by atoms with Gasteiger partial charge in [-0.15, -0.1) is 0 Å². The fourth-order valence-corrected chi connectivity index (χ4v) is 3.66. The van der Waals surface area contributed by atoms with Crippen LogP contribution in [-0.2, 0) is 20.0 Å². The van der Waals surface area contributed by atoms with E-state index in [-0.39, 0.29) is 0 Å². The predicted octanol–water partition coefficient (Wildman–Crippen LogP) is 3.41. The number of aryl methyl sites for hydroxylation is 1. The number of aromatic amines is 1. The van der Waals surface area contributed by atoms with Crippen molar-refractivity contribution in [2.24, 2.45) is 7.05 Å². The molecule has 1 aliphatic rings. The second-order valence-electron chi connectivity index (χ2n) is 7.04. The quantitative estimate of drug-likeness (QED) is 0.677. The summed E-state index contributed by atoms with van der Waals surface area (Å²) < 4.78 is 7.71. The van der Waals surface area contributed by atoms with Gasteiger partial charge in [0.25, 0.3) is 0 Å². The minimum absolute atomic E-state index is 0.486. The maximum atomic E-state index is 5.89. The third-order valence-corrected chi connectivity index (χ3v) is 5.36. The van der Waals surface area contributed by atoms with Gasteiger partial charge in [0.05, 0.1) is 18.0 Å². The topological polar surface area (TPSA) is 59.0 Å².